The Morgan fingerprint density at radius 3 is 2.60 bits per heavy atom. The zero-order valence-electron chi connectivity index (χ0n) is 17.9. The molecule has 0 saturated heterocycles. The molecule has 0 fully saturated rings. The van der Waals surface area contributed by atoms with E-state index in [0.29, 0.717) is 23.4 Å². The Balaban J connectivity index is 1.82. The lowest BCUT2D eigenvalue weighted by atomic mass is 10.00. The van der Waals surface area contributed by atoms with Crippen LogP contribution in [0.2, 0.25) is 0 Å². The molecule has 0 saturated carbocycles. The second-order valence-corrected chi connectivity index (χ2v) is 7.62. The Kier molecular flexibility index (Phi) is 6.90. The van der Waals surface area contributed by atoms with Crippen LogP contribution >= 0.6 is 0 Å². The van der Waals surface area contributed by atoms with Crippen LogP contribution in [0.5, 0.6) is 5.75 Å². The van der Waals surface area contributed by atoms with Gasteiger partial charge in [-0.25, -0.2) is 4.79 Å². The highest BCUT2D eigenvalue weighted by molar-refractivity contribution is 5.95. The summed E-state index contributed by atoms with van der Waals surface area (Å²) in [6.45, 7) is 5.04. The smallest absolute Gasteiger partial charge is 0.336 e. The lowest BCUT2D eigenvalue weighted by Gasteiger charge is -2.18. The fourth-order valence-corrected chi connectivity index (χ4v) is 3.32. The molecule has 1 N–H and O–H groups in total. The van der Waals surface area contributed by atoms with E-state index in [-0.39, 0.29) is 5.91 Å². The van der Waals surface area contributed by atoms with Crippen molar-refractivity contribution in [2.75, 3.05) is 27.2 Å². The number of fused-ring (bicyclic) bond motifs is 1. The maximum atomic E-state index is 12.3. The van der Waals surface area contributed by atoms with Crippen molar-refractivity contribution < 1.29 is 13.9 Å². The van der Waals surface area contributed by atoms with E-state index in [1.807, 2.05) is 63.5 Å². The van der Waals surface area contributed by atoms with Crippen LogP contribution < -0.4 is 15.7 Å². The van der Waals surface area contributed by atoms with Crippen molar-refractivity contribution in [3.8, 4) is 16.9 Å². The topological polar surface area (TPSA) is 71.8 Å². The van der Waals surface area contributed by atoms with Gasteiger partial charge < -0.3 is 19.4 Å². The molecule has 0 spiro atoms. The number of hydrogen-bond donors (Lipinski definition) is 1. The van der Waals surface area contributed by atoms with Crippen LogP contribution in [0.1, 0.15) is 18.9 Å². The van der Waals surface area contributed by atoms with Gasteiger partial charge in [0.25, 0.3) is 5.91 Å². The van der Waals surface area contributed by atoms with Crippen LogP contribution in [0, 0.1) is 6.92 Å². The highest BCUT2D eigenvalue weighted by atomic mass is 16.5. The quantitative estimate of drug-likeness (QED) is 0.455. The highest BCUT2D eigenvalue weighted by Gasteiger charge is 2.18. The number of benzene rings is 2. The van der Waals surface area contributed by atoms with Crippen LogP contribution in [0.3, 0.4) is 0 Å². The molecule has 0 unspecified atom stereocenters. The van der Waals surface area contributed by atoms with E-state index in [0.717, 1.165) is 29.5 Å². The highest BCUT2D eigenvalue weighted by Crippen LogP contribution is 2.33. The number of ether oxygens (including phenoxy) is 1. The average Bonchev–Trinajstić information content (AvgIpc) is 2.73. The van der Waals surface area contributed by atoms with Crippen molar-refractivity contribution in [3.63, 3.8) is 0 Å². The number of hydrogen-bond acceptors (Lipinski definition) is 5. The molecule has 0 bridgehead atoms. The number of amides is 1. The minimum absolute atomic E-state index is 0.173. The summed E-state index contributed by atoms with van der Waals surface area (Å²) < 4.78 is 11.4. The Morgan fingerprint density at radius 2 is 1.90 bits per heavy atom. The lowest BCUT2D eigenvalue weighted by molar-refractivity contribution is -0.127. The number of carbonyl (C=O) groups is 1. The third kappa shape index (κ3) is 5.07. The largest absolute Gasteiger partial charge is 0.480 e. The summed E-state index contributed by atoms with van der Waals surface area (Å²) in [5.74, 6) is 0.347. The van der Waals surface area contributed by atoms with Crippen molar-refractivity contribution in [2.24, 2.45) is 0 Å². The molecule has 1 amide bonds. The number of aryl methyl sites for hydroxylation is 1. The second kappa shape index (κ2) is 9.59. The van der Waals surface area contributed by atoms with E-state index in [2.05, 4.69) is 10.2 Å². The summed E-state index contributed by atoms with van der Waals surface area (Å²) in [7, 11) is 4.00. The van der Waals surface area contributed by atoms with Gasteiger partial charge in [-0.05, 0) is 64.2 Å². The van der Waals surface area contributed by atoms with E-state index in [4.69, 9.17) is 9.15 Å². The van der Waals surface area contributed by atoms with E-state index >= 15 is 0 Å². The van der Waals surface area contributed by atoms with Crippen molar-refractivity contribution in [1.29, 1.82) is 0 Å². The molecule has 2 aromatic carbocycles. The molecule has 158 valence electrons. The first kappa shape index (κ1) is 21.6. The molecule has 30 heavy (non-hydrogen) atoms. The molecule has 0 aliphatic heterocycles. The van der Waals surface area contributed by atoms with Gasteiger partial charge >= 0.3 is 5.63 Å². The molecule has 0 radical (unpaired) electrons. The van der Waals surface area contributed by atoms with Gasteiger partial charge in [0.15, 0.2) is 6.10 Å². The summed E-state index contributed by atoms with van der Waals surface area (Å²) in [5, 5.41) is 3.72. The number of rotatable bonds is 8. The second-order valence-electron chi connectivity index (χ2n) is 7.62. The summed E-state index contributed by atoms with van der Waals surface area (Å²) in [4.78, 5) is 26.6. The number of nitrogens with one attached hydrogen (secondary N) is 1. The molecule has 1 aromatic heterocycles. The number of carbonyl (C=O) groups excluding carboxylic acids is 1. The first-order valence-corrected chi connectivity index (χ1v) is 10.1. The fraction of sp³-hybridized carbons (Fsp3) is 0.333. The Bertz CT molecular complexity index is 1070. The SMILES string of the molecule is Cc1c(O[C@@H](C)C(=O)NCCCN(C)C)ccc2c(-c3ccccc3)cc(=O)oc12. The van der Waals surface area contributed by atoms with Crippen LogP contribution in [-0.2, 0) is 4.79 Å². The predicted molar refractivity (Wildman–Crippen MR) is 119 cm³/mol. The van der Waals surface area contributed by atoms with Gasteiger partial charge in [-0.15, -0.1) is 0 Å². The van der Waals surface area contributed by atoms with Crippen LogP contribution in [-0.4, -0.2) is 44.1 Å². The van der Waals surface area contributed by atoms with Crippen LogP contribution in [0.15, 0.2) is 57.7 Å². The fourth-order valence-electron chi connectivity index (χ4n) is 3.32. The molecule has 6 heteroatoms. The normalized spacial score (nSPS) is 12.2. The molecular weight excluding hydrogens is 380 g/mol. The van der Waals surface area contributed by atoms with Gasteiger partial charge in [-0.1, -0.05) is 30.3 Å². The minimum atomic E-state index is -0.662. The standard InChI is InChI=1S/C24H28N2O4/c1-16-21(29-17(2)24(28)25-13-8-14-26(3)4)12-11-19-20(15-22(27)30-23(16)19)18-9-6-5-7-10-18/h5-7,9-12,15,17H,8,13-14H2,1-4H3,(H,25,28)/t17-/m0/s1. The molecule has 1 heterocycles. The summed E-state index contributed by atoms with van der Waals surface area (Å²) >= 11 is 0. The lowest BCUT2D eigenvalue weighted by Crippen LogP contribution is -2.37. The van der Waals surface area contributed by atoms with Crippen LogP contribution in [0.4, 0.5) is 0 Å². The van der Waals surface area contributed by atoms with Gasteiger partial charge in [0.05, 0.1) is 0 Å². The molecule has 6 nitrogen and oxygen atoms in total. The Morgan fingerprint density at radius 1 is 1.17 bits per heavy atom. The molecule has 3 rings (SSSR count). The molecule has 1 atom stereocenters. The average molecular weight is 408 g/mol. The molecular formula is C24H28N2O4. The van der Waals surface area contributed by atoms with E-state index in [9.17, 15) is 9.59 Å². The maximum Gasteiger partial charge on any atom is 0.336 e. The van der Waals surface area contributed by atoms with Crippen molar-refractivity contribution >= 4 is 16.9 Å². The molecule has 0 aliphatic rings. The van der Waals surface area contributed by atoms with Crippen molar-refractivity contribution in [2.45, 2.75) is 26.4 Å². The molecule has 0 aliphatic carbocycles. The van der Waals surface area contributed by atoms with Gasteiger partial charge in [-0.3, -0.25) is 4.79 Å². The minimum Gasteiger partial charge on any atom is -0.480 e. The first-order chi connectivity index (χ1) is 14.4. The monoisotopic (exact) mass is 408 g/mol. The van der Waals surface area contributed by atoms with Gasteiger partial charge in [0.2, 0.25) is 0 Å². The zero-order chi connectivity index (χ0) is 21.7. The van der Waals surface area contributed by atoms with Gasteiger partial charge in [-0.2, -0.15) is 0 Å². The Labute approximate surface area is 176 Å². The maximum absolute atomic E-state index is 12.3. The summed E-state index contributed by atoms with van der Waals surface area (Å²) in [6.07, 6.45) is 0.206. The first-order valence-electron chi connectivity index (χ1n) is 10.1. The van der Waals surface area contributed by atoms with Crippen molar-refractivity contribution in [3.05, 3.63) is 64.5 Å². The Hall–Kier alpha value is -3.12. The van der Waals surface area contributed by atoms with Gasteiger partial charge in [0, 0.05) is 23.6 Å². The van der Waals surface area contributed by atoms with E-state index in [1.165, 1.54) is 6.07 Å². The van der Waals surface area contributed by atoms with Crippen molar-refractivity contribution in [1.82, 2.24) is 10.2 Å². The third-order valence-corrected chi connectivity index (χ3v) is 4.95. The zero-order valence-corrected chi connectivity index (χ0v) is 17.9. The predicted octanol–water partition coefficient (Wildman–Crippen LogP) is 3.60. The van der Waals surface area contributed by atoms with Crippen LogP contribution in [0.25, 0.3) is 22.1 Å². The number of nitrogens with zero attached hydrogens (tertiary/aromatic N) is 1. The third-order valence-electron chi connectivity index (χ3n) is 4.95. The van der Waals surface area contributed by atoms with Gasteiger partial charge in [0.1, 0.15) is 11.3 Å². The molecule has 3 aromatic rings. The van der Waals surface area contributed by atoms with E-state index < -0.39 is 11.7 Å². The summed E-state index contributed by atoms with van der Waals surface area (Å²) in [5.41, 5.74) is 2.48. The summed E-state index contributed by atoms with van der Waals surface area (Å²) in [6, 6.07) is 14.9. The van der Waals surface area contributed by atoms with E-state index in [1.54, 1.807) is 6.92 Å².